The van der Waals surface area contributed by atoms with Crippen LogP contribution in [-0.4, -0.2) is 51.3 Å². The lowest BCUT2D eigenvalue weighted by molar-refractivity contribution is -0.384. The van der Waals surface area contributed by atoms with E-state index in [1.165, 1.54) is 36.9 Å². The van der Waals surface area contributed by atoms with Gasteiger partial charge in [-0.2, -0.15) is 0 Å². The molecule has 1 fully saturated rings. The number of carbonyl (C=O) groups is 3. The van der Waals surface area contributed by atoms with Crippen LogP contribution in [0.1, 0.15) is 37.0 Å². The lowest BCUT2D eigenvalue weighted by atomic mass is 10.1. The topological polar surface area (TPSA) is 130 Å². The minimum atomic E-state index is -0.989. The van der Waals surface area contributed by atoms with Gasteiger partial charge >= 0.3 is 5.97 Å². The molecule has 9 nitrogen and oxygen atoms in total. The Morgan fingerprint density at radius 1 is 1.35 bits per heavy atom. The zero-order chi connectivity index (χ0) is 19.4. The van der Waals surface area contributed by atoms with Crippen molar-refractivity contribution in [3.05, 3.63) is 39.9 Å². The van der Waals surface area contributed by atoms with Gasteiger partial charge in [-0.1, -0.05) is 13.0 Å². The molecule has 0 aliphatic heterocycles. The number of hydrogen-bond acceptors (Lipinski definition) is 5. The molecule has 0 radical (unpaired) electrons. The van der Waals surface area contributed by atoms with Crippen LogP contribution < -0.4 is 5.32 Å². The van der Waals surface area contributed by atoms with Crippen LogP contribution in [0.4, 0.5) is 5.69 Å². The van der Waals surface area contributed by atoms with Crippen molar-refractivity contribution in [2.75, 3.05) is 6.54 Å². The normalized spacial score (nSPS) is 15.6. The fourth-order valence-electron chi connectivity index (χ4n) is 2.53. The maximum atomic E-state index is 12.6. The molecule has 2 N–H and O–H groups in total. The van der Waals surface area contributed by atoms with Gasteiger partial charge in [0, 0.05) is 30.3 Å². The van der Waals surface area contributed by atoms with Crippen molar-refractivity contribution < 1.29 is 24.4 Å². The van der Waals surface area contributed by atoms with E-state index in [1.54, 1.807) is 0 Å². The zero-order valence-electron chi connectivity index (χ0n) is 14.5. The third-order valence-corrected chi connectivity index (χ3v) is 4.20. The molecule has 9 heteroatoms. The third kappa shape index (κ3) is 4.78. The van der Waals surface area contributed by atoms with Crippen molar-refractivity contribution in [3.8, 4) is 0 Å². The zero-order valence-corrected chi connectivity index (χ0v) is 14.5. The van der Waals surface area contributed by atoms with E-state index in [0.29, 0.717) is 0 Å². The van der Waals surface area contributed by atoms with Crippen LogP contribution in [0.2, 0.25) is 0 Å². The molecule has 0 spiro atoms. The van der Waals surface area contributed by atoms with Crippen molar-refractivity contribution in [2.24, 2.45) is 5.92 Å². The minimum absolute atomic E-state index is 0.00136. The molecule has 1 aromatic carbocycles. The summed E-state index contributed by atoms with van der Waals surface area (Å²) >= 11 is 0. The molecule has 26 heavy (non-hydrogen) atoms. The Balaban J connectivity index is 2.04. The number of nitro groups is 1. The average molecular weight is 363 g/mol. The SMILES string of the molecule is CC(CN(C(=O)C(C)NC(=O)c1cccc([N+](=O)[O-])c1)C1CC1)C(=O)O. The fourth-order valence-corrected chi connectivity index (χ4v) is 2.53. The summed E-state index contributed by atoms with van der Waals surface area (Å²) in [7, 11) is 0. The molecule has 0 aromatic heterocycles. The third-order valence-electron chi connectivity index (χ3n) is 4.20. The van der Waals surface area contributed by atoms with E-state index in [-0.39, 0.29) is 29.7 Å². The Bertz CT molecular complexity index is 731. The summed E-state index contributed by atoms with van der Waals surface area (Å²) in [6, 6.07) is 4.35. The number of carboxylic acids is 1. The van der Waals surface area contributed by atoms with E-state index in [2.05, 4.69) is 5.32 Å². The predicted molar refractivity (Wildman–Crippen MR) is 91.6 cm³/mol. The van der Waals surface area contributed by atoms with Crippen molar-refractivity contribution in [2.45, 2.75) is 38.8 Å². The highest BCUT2D eigenvalue weighted by atomic mass is 16.6. The number of non-ortho nitro benzene ring substituents is 1. The minimum Gasteiger partial charge on any atom is -0.481 e. The van der Waals surface area contributed by atoms with Crippen LogP contribution in [0.3, 0.4) is 0 Å². The fraction of sp³-hybridized carbons (Fsp3) is 0.471. The first-order chi connectivity index (χ1) is 12.2. The van der Waals surface area contributed by atoms with Gasteiger partial charge in [-0.25, -0.2) is 0 Å². The second kappa shape index (κ2) is 7.94. The molecule has 1 aliphatic carbocycles. The van der Waals surface area contributed by atoms with E-state index in [4.69, 9.17) is 5.11 Å². The van der Waals surface area contributed by atoms with Gasteiger partial charge in [0.1, 0.15) is 6.04 Å². The Labute approximate surface area is 150 Å². The molecule has 1 aliphatic rings. The van der Waals surface area contributed by atoms with Gasteiger partial charge in [0.05, 0.1) is 10.8 Å². The van der Waals surface area contributed by atoms with Crippen LogP contribution in [0.5, 0.6) is 0 Å². The number of aliphatic carboxylic acids is 1. The summed E-state index contributed by atoms with van der Waals surface area (Å²) in [6.45, 7) is 3.12. The van der Waals surface area contributed by atoms with Gasteiger partial charge in [-0.3, -0.25) is 24.5 Å². The van der Waals surface area contributed by atoms with Gasteiger partial charge in [-0.05, 0) is 25.8 Å². The monoisotopic (exact) mass is 363 g/mol. The highest BCUT2D eigenvalue weighted by Gasteiger charge is 2.36. The van der Waals surface area contributed by atoms with Gasteiger partial charge in [0.25, 0.3) is 11.6 Å². The summed E-state index contributed by atoms with van der Waals surface area (Å²) < 4.78 is 0. The highest BCUT2D eigenvalue weighted by molar-refractivity contribution is 5.98. The van der Waals surface area contributed by atoms with E-state index in [9.17, 15) is 24.5 Å². The number of hydrogen-bond donors (Lipinski definition) is 2. The molecule has 0 saturated heterocycles. The number of nitro benzene ring substituents is 1. The summed E-state index contributed by atoms with van der Waals surface area (Å²) in [4.78, 5) is 47.7. The lowest BCUT2D eigenvalue weighted by Crippen LogP contribution is -2.49. The first-order valence-electron chi connectivity index (χ1n) is 8.29. The van der Waals surface area contributed by atoms with E-state index < -0.39 is 28.8 Å². The Hall–Kier alpha value is -2.97. The standard InChI is InChI=1S/C17H21N3O6/c1-10(17(23)24)9-19(13-6-7-13)16(22)11(2)18-15(21)12-4-3-5-14(8-12)20(25)26/h3-5,8,10-11,13H,6-7,9H2,1-2H3,(H,18,21)(H,23,24). The number of carboxylic acid groups (broad SMARTS) is 1. The predicted octanol–water partition coefficient (Wildman–Crippen LogP) is 1.42. The summed E-state index contributed by atoms with van der Waals surface area (Å²) in [5, 5.41) is 22.4. The summed E-state index contributed by atoms with van der Waals surface area (Å²) in [6.07, 6.45) is 1.62. The number of nitrogens with zero attached hydrogens (tertiary/aromatic N) is 2. The maximum absolute atomic E-state index is 12.6. The van der Waals surface area contributed by atoms with Crippen LogP contribution >= 0.6 is 0 Å². The number of rotatable bonds is 8. The summed E-state index contributed by atoms with van der Waals surface area (Å²) in [5.74, 6) is -2.66. The lowest BCUT2D eigenvalue weighted by Gasteiger charge is -2.27. The number of carbonyl (C=O) groups excluding carboxylic acids is 2. The summed E-state index contributed by atoms with van der Waals surface area (Å²) in [5.41, 5.74) is -0.137. The molecule has 0 bridgehead atoms. The molecule has 1 saturated carbocycles. The van der Waals surface area contributed by atoms with E-state index in [1.807, 2.05) is 0 Å². The first-order valence-corrected chi connectivity index (χ1v) is 8.29. The van der Waals surface area contributed by atoms with E-state index >= 15 is 0 Å². The van der Waals surface area contributed by atoms with Gasteiger partial charge in [0.2, 0.25) is 5.91 Å². The van der Waals surface area contributed by atoms with Crippen molar-refractivity contribution >= 4 is 23.5 Å². The van der Waals surface area contributed by atoms with Crippen LogP contribution in [0, 0.1) is 16.0 Å². The van der Waals surface area contributed by atoms with Gasteiger partial charge in [0.15, 0.2) is 0 Å². The van der Waals surface area contributed by atoms with Crippen molar-refractivity contribution in [1.82, 2.24) is 10.2 Å². The Kier molecular flexibility index (Phi) is 5.91. The second-order valence-corrected chi connectivity index (χ2v) is 6.46. The highest BCUT2D eigenvalue weighted by Crippen LogP contribution is 2.28. The Morgan fingerprint density at radius 2 is 2.00 bits per heavy atom. The molecule has 1 aromatic rings. The molecule has 2 amide bonds. The molecule has 0 heterocycles. The molecular formula is C17H21N3O6. The number of benzene rings is 1. The van der Waals surface area contributed by atoms with Crippen LogP contribution in [-0.2, 0) is 9.59 Å². The molecule has 140 valence electrons. The maximum Gasteiger partial charge on any atom is 0.308 e. The second-order valence-electron chi connectivity index (χ2n) is 6.46. The van der Waals surface area contributed by atoms with Gasteiger partial charge < -0.3 is 15.3 Å². The molecule has 2 rings (SSSR count). The van der Waals surface area contributed by atoms with E-state index in [0.717, 1.165) is 18.9 Å². The molecule has 2 atom stereocenters. The van der Waals surface area contributed by atoms with Crippen molar-refractivity contribution in [1.29, 1.82) is 0 Å². The smallest absolute Gasteiger partial charge is 0.308 e. The number of amides is 2. The molecular weight excluding hydrogens is 342 g/mol. The van der Waals surface area contributed by atoms with Crippen LogP contribution in [0.25, 0.3) is 0 Å². The quantitative estimate of drug-likeness (QED) is 0.531. The van der Waals surface area contributed by atoms with Crippen molar-refractivity contribution in [3.63, 3.8) is 0 Å². The first kappa shape index (κ1) is 19.4. The Morgan fingerprint density at radius 3 is 2.54 bits per heavy atom. The van der Waals surface area contributed by atoms with Gasteiger partial charge in [-0.15, -0.1) is 0 Å². The number of nitrogens with one attached hydrogen (secondary N) is 1. The molecule has 2 unspecified atom stereocenters. The van der Waals surface area contributed by atoms with Crippen LogP contribution in [0.15, 0.2) is 24.3 Å². The largest absolute Gasteiger partial charge is 0.481 e. The average Bonchev–Trinajstić information content (AvgIpc) is 3.43.